The van der Waals surface area contributed by atoms with E-state index in [0.29, 0.717) is 6.42 Å². The van der Waals surface area contributed by atoms with Crippen molar-refractivity contribution in [3.8, 4) is 0 Å². The summed E-state index contributed by atoms with van der Waals surface area (Å²) in [7, 11) is -13.6. The van der Waals surface area contributed by atoms with Gasteiger partial charge in [-0.1, -0.05) is 34.9 Å². The second-order valence-corrected chi connectivity index (χ2v) is 33.3. The predicted octanol–water partition coefficient (Wildman–Crippen LogP) is 11.6. The summed E-state index contributed by atoms with van der Waals surface area (Å²) in [6, 6.07) is 0. The fraction of sp³-hybridized carbons (Fsp3) is 0.786. The Balaban J connectivity index is 5.58. The van der Waals surface area contributed by atoms with Crippen LogP contribution in [-0.2, 0) is 21.8 Å². The lowest BCUT2D eigenvalue weighted by atomic mass is 10.1. The molecule has 0 saturated carbocycles. The maximum Gasteiger partial charge on any atom is 0.324 e. The molecule has 0 bridgehead atoms. The van der Waals surface area contributed by atoms with Crippen molar-refractivity contribution >= 4 is 39.9 Å². The Bertz CT molecular complexity index is 898. The molecule has 0 aliphatic heterocycles. The van der Waals surface area contributed by atoms with Crippen molar-refractivity contribution in [1.82, 2.24) is 0 Å². The zero-order valence-electron chi connectivity index (χ0n) is 27.2. The summed E-state index contributed by atoms with van der Waals surface area (Å²) in [4.78, 5) is 0. The largest absolute Gasteiger partial charge is 0.370 e. The Morgan fingerprint density at radius 2 is 1.05 bits per heavy atom. The highest BCUT2D eigenvalue weighted by Gasteiger charge is 2.51. The van der Waals surface area contributed by atoms with E-state index < -0.39 is 45.3 Å². The van der Waals surface area contributed by atoms with Gasteiger partial charge in [-0.2, -0.15) is 0 Å². The van der Waals surface area contributed by atoms with E-state index in [0.717, 1.165) is 38.5 Å². The standard InChI is InChI=1S/C28H60O5P2Si3/c1-25(2)19-17-21-27(4)23-18-22-26(3)20-15-16-24-28(34(5,29)31-36(6,7)8)35(30,32-37(9,10)11)33-38(12,13)14/h19-20,23,28H,15-18,21-22,24H2,1-14H3/b26-20+,27-23+. The lowest BCUT2D eigenvalue weighted by molar-refractivity contribution is 0.370. The van der Waals surface area contributed by atoms with Gasteiger partial charge in [0, 0.05) is 6.66 Å². The number of allylic oxidation sites excluding steroid dienone is 6. The Kier molecular flexibility index (Phi) is 16.1. The molecule has 0 amide bonds. The van der Waals surface area contributed by atoms with Crippen molar-refractivity contribution in [2.45, 2.75) is 137 Å². The van der Waals surface area contributed by atoms with Crippen molar-refractivity contribution in [1.29, 1.82) is 0 Å². The van der Waals surface area contributed by atoms with Crippen LogP contribution in [0.5, 0.6) is 0 Å². The Hall–Kier alpha value is 0.211. The van der Waals surface area contributed by atoms with Crippen LogP contribution < -0.4 is 0 Å². The highest BCUT2D eigenvalue weighted by atomic mass is 31.2. The van der Waals surface area contributed by atoms with Crippen LogP contribution in [0.25, 0.3) is 0 Å². The molecule has 0 aromatic heterocycles. The van der Waals surface area contributed by atoms with Crippen LogP contribution in [0.1, 0.15) is 72.6 Å². The third kappa shape index (κ3) is 18.5. The normalized spacial score (nSPS) is 16.8. The summed E-state index contributed by atoms with van der Waals surface area (Å²) < 4.78 is 47.4. The Morgan fingerprint density at radius 1 is 0.658 bits per heavy atom. The zero-order chi connectivity index (χ0) is 30.0. The molecule has 2 atom stereocenters. The molecule has 0 spiro atoms. The van der Waals surface area contributed by atoms with Crippen molar-refractivity contribution < 1.29 is 21.8 Å². The molecule has 5 nitrogen and oxygen atoms in total. The summed E-state index contributed by atoms with van der Waals surface area (Å²) in [5, 5.41) is -0.736. The van der Waals surface area contributed by atoms with Gasteiger partial charge in [0.05, 0.1) is 0 Å². The van der Waals surface area contributed by atoms with Gasteiger partial charge in [-0.25, -0.2) is 0 Å². The van der Waals surface area contributed by atoms with Crippen LogP contribution >= 0.6 is 15.0 Å². The van der Waals surface area contributed by atoms with Crippen LogP contribution in [-0.4, -0.2) is 37.0 Å². The quantitative estimate of drug-likeness (QED) is 0.0658. The van der Waals surface area contributed by atoms with Crippen molar-refractivity contribution in [2.24, 2.45) is 0 Å². The minimum Gasteiger partial charge on any atom is -0.370 e. The maximum absolute atomic E-state index is 14.5. The predicted molar refractivity (Wildman–Crippen MR) is 177 cm³/mol. The van der Waals surface area contributed by atoms with Gasteiger partial charge in [0.2, 0.25) is 7.37 Å². The van der Waals surface area contributed by atoms with Gasteiger partial charge in [0.25, 0.3) is 0 Å². The van der Waals surface area contributed by atoms with E-state index in [-0.39, 0.29) is 0 Å². The van der Waals surface area contributed by atoms with E-state index in [2.05, 4.69) is 45.9 Å². The second kappa shape index (κ2) is 16.0. The second-order valence-electron chi connectivity index (χ2n) is 13.9. The molecule has 0 radical (unpaired) electrons. The molecule has 0 heterocycles. The van der Waals surface area contributed by atoms with Crippen molar-refractivity contribution in [3.63, 3.8) is 0 Å². The Morgan fingerprint density at radius 3 is 1.45 bits per heavy atom. The van der Waals surface area contributed by atoms with Crippen LogP contribution in [0.3, 0.4) is 0 Å². The fourth-order valence-corrected chi connectivity index (χ4v) is 21.0. The van der Waals surface area contributed by atoms with Crippen LogP contribution in [0, 0.1) is 0 Å². The van der Waals surface area contributed by atoms with Gasteiger partial charge in [0.15, 0.2) is 25.0 Å². The molecule has 0 aromatic carbocycles. The van der Waals surface area contributed by atoms with Gasteiger partial charge < -0.3 is 12.6 Å². The fourth-order valence-electron chi connectivity index (χ4n) is 4.15. The van der Waals surface area contributed by atoms with Crippen LogP contribution in [0.2, 0.25) is 58.9 Å². The molecule has 0 N–H and O–H groups in total. The molecule has 0 fully saturated rings. The van der Waals surface area contributed by atoms with E-state index >= 15 is 0 Å². The van der Waals surface area contributed by atoms with Crippen molar-refractivity contribution in [3.05, 3.63) is 34.9 Å². The lowest BCUT2D eigenvalue weighted by Crippen LogP contribution is -2.34. The van der Waals surface area contributed by atoms with Gasteiger partial charge in [-0.05, 0) is 132 Å². The number of hydrogen-bond donors (Lipinski definition) is 0. The monoisotopic (exact) mass is 622 g/mol. The third-order valence-corrected chi connectivity index (χ3v) is 19.9. The van der Waals surface area contributed by atoms with Gasteiger partial charge in [-0.3, -0.25) is 9.13 Å². The molecule has 0 aliphatic rings. The maximum atomic E-state index is 14.5. The van der Waals surface area contributed by atoms with Gasteiger partial charge >= 0.3 is 7.60 Å². The number of unbranched alkanes of at least 4 members (excludes halogenated alkanes) is 1. The first-order chi connectivity index (χ1) is 17.0. The lowest BCUT2D eigenvalue weighted by Gasteiger charge is -2.39. The Labute approximate surface area is 239 Å². The average Bonchev–Trinajstić information content (AvgIpc) is 2.61. The van der Waals surface area contributed by atoms with Gasteiger partial charge in [0.1, 0.15) is 5.40 Å². The topological polar surface area (TPSA) is 61.8 Å². The zero-order valence-corrected chi connectivity index (χ0v) is 32.0. The summed E-state index contributed by atoms with van der Waals surface area (Å²) in [6.07, 6.45) is 13.3. The molecule has 0 saturated heterocycles. The minimum atomic E-state index is -3.66. The number of hydrogen-bond acceptors (Lipinski definition) is 5. The summed E-state index contributed by atoms with van der Waals surface area (Å²) in [6.45, 7) is 28.4. The van der Waals surface area contributed by atoms with E-state index in [1.54, 1.807) is 6.66 Å². The van der Waals surface area contributed by atoms with Crippen molar-refractivity contribution in [2.75, 3.05) is 6.66 Å². The summed E-state index contributed by atoms with van der Waals surface area (Å²) in [5.41, 5.74) is 4.17. The molecular formula is C28H60O5P2Si3. The molecule has 0 aromatic rings. The average molecular weight is 623 g/mol. The minimum absolute atomic E-state index is 0.498. The molecule has 10 heteroatoms. The SMILES string of the molecule is CC(C)=CCC/C(C)=C/CC/C(C)=C/CCCC(P(C)(=O)O[Si](C)(C)C)P(=O)(O[Si](C)(C)C)O[Si](C)(C)C. The summed E-state index contributed by atoms with van der Waals surface area (Å²) in [5.74, 6) is 0. The van der Waals surface area contributed by atoms with Gasteiger partial charge in [-0.15, -0.1) is 0 Å². The molecule has 0 rings (SSSR count). The molecule has 0 aliphatic carbocycles. The summed E-state index contributed by atoms with van der Waals surface area (Å²) >= 11 is 0. The first-order valence-electron chi connectivity index (χ1n) is 14.2. The molecule has 38 heavy (non-hydrogen) atoms. The molecule has 2 unspecified atom stereocenters. The van der Waals surface area contributed by atoms with E-state index in [9.17, 15) is 9.13 Å². The molecular weight excluding hydrogens is 563 g/mol. The van der Waals surface area contributed by atoms with Crippen LogP contribution in [0.4, 0.5) is 0 Å². The first kappa shape index (κ1) is 38.2. The smallest absolute Gasteiger partial charge is 0.324 e. The van der Waals surface area contributed by atoms with E-state index in [1.165, 1.54) is 16.7 Å². The first-order valence-corrected chi connectivity index (χ1v) is 28.2. The number of rotatable bonds is 18. The molecule has 224 valence electrons. The van der Waals surface area contributed by atoms with E-state index in [4.69, 9.17) is 12.6 Å². The highest BCUT2D eigenvalue weighted by molar-refractivity contribution is 7.76. The third-order valence-electron chi connectivity index (χ3n) is 5.45. The highest BCUT2D eigenvalue weighted by Crippen LogP contribution is 2.72. The van der Waals surface area contributed by atoms with E-state index in [1.807, 2.05) is 58.9 Å². The van der Waals surface area contributed by atoms with Crippen LogP contribution in [0.15, 0.2) is 34.9 Å².